The van der Waals surface area contributed by atoms with Crippen molar-refractivity contribution in [2.75, 3.05) is 0 Å². The molecule has 19 heavy (non-hydrogen) atoms. The largest absolute Gasteiger partial charge is 0.481 e. The maximum atomic E-state index is 12.0. The highest BCUT2D eigenvalue weighted by Crippen LogP contribution is 2.29. The maximum Gasteiger partial charge on any atom is 0.308 e. The number of aryl methyl sites for hydroxylation is 1. The molecule has 0 aromatic carbocycles. The number of nitrogens with zero attached hydrogens (tertiary/aromatic N) is 1. The Morgan fingerprint density at radius 1 is 1.32 bits per heavy atom. The fourth-order valence-corrected chi connectivity index (χ4v) is 2.74. The van der Waals surface area contributed by atoms with E-state index < -0.39 is 5.97 Å². The molecule has 0 amide bonds. The van der Waals surface area contributed by atoms with E-state index in [-0.39, 0.29) is 17.5 Å². The van der Waals surface area contributed by atoms with Gasteiger partial charge in [-0.2, -0.15) is 0 Å². The summed E-state index contributed by atoms with van der Waals surface area (Å²) in [6.45, 7) is 1.72. The van der Waals surface area contributed by atoms with Crippen molar-refractivity contribution in [3.8, 4) is 0 Å². The zero-order chi connectivity index (χ0) is 13.8. The Bertz CT molecular complexity index is 514. The highest BCUT2D eigenvalue weighted by molar-refractivity contribution is 5.70. The van der Waals surface area contributed by atoms with Gasteiger partial charge in [-0.1, -0.05) is 25.7 Å². The van der Waals surface area contributed by atoms with Gasteiger partial charge in [-0.05, 0) is 19.8 Å². The number of carbonyl (C=O) groups is 1. The van der Waals surface area contributed by atoms with E-state index in [1.165, 1.54) is 25.7 Å². The summed E-state index contributed by atoms with van der Waals surface area (Å²) in [5.74, 6) is 0.0453. The van der Waals surface area contributed by atoms with Gasteiger partial charge in [-0.15, -0.1) is 0 Å². The summed E-state index contributed by atoms with van der Waals surface area (Å²) in [5.41, 5.74) is 0.518. The number of nitrogens with one attached hydrogen (secondary N) is 1. The van der Waals surface area contributed by atoms with Crippen molar-refractivity contribution in [1.29, 1.82) is 0 Å². The van der Waals surface area contributed by atoms with E-state index in [1.807, 2.05) is 0 Å². The molecule has 0 saturated heterocycles. The lowest BCUT2D eigenvalue weighted by molar-refractivity contribution is -0.136. The Morgan fingerprint density at radius 2 is 1.95 bits per heavy atom. The van der Waals surface area contributed by atoms with E-state index in [1.54, 1.807) is 6.92 Å². The second-order valence-corrected chi connectivity index (χ2v) is 5.27. The fourth-order valence-electron chi connectivity index (χ4n) is 2.74. The van der Waals surface area contributed by atoms with E-state index in [2.05, 4.69) is 9.97 Å². The van der Waals surface area contributed by atoms with Crippen molar-refractivity contribution in [3.05, 3.63) is 27.4 Å². The zero-order valence-electron chi connectivity index (χ0n) is 11.2. The van der Waals surface area contributed by atoms with Crippen molar-refractivity contribution >= 4 is 5.97 Å². The van der Waals surface area contributed by atoms with Crippen LogP contribution in [-0.2, 0) is 11.2 Å². The molecule has 1 aliphatic rings. The van der Waals surface area contributed by atoms with Gasteiger partial charge in [0.15, 0.2) is 0 Å². The first-order valence-corrected chi connectivity index (χ1v) is 6.89. The van der Waals surface area contributed by atoms with Gasteiger partial charge in [-0.25, -0.2) is 4.98 Å². The summed E-state index contributed by atoms with van der Waals surface area (Å²) in [7, 11) is 0. The van der Waals surface area contributed by atoms with Gasteiger partial charge in [0, 0.05) is 17.2 Å². The molecule has 5 nitrogen and oxygen atoms in total. The first kappa shape index (κ1) is 13.8. The maximum absolute atomic E-state index is 12.0. The monoisotopic (exact) mass is 264 g/mol. The lowest BCUT2D eigenvalue weighted by Gasteiger charge is -2.14. The fraction of sp³-hybridized carbons (Fsp3) is 0.643. The normalized spacial score (nSPS) is 17.1. The van der Waals surface area contributed by atoms with Gasteiger partial charge in [-0.3, -0.25) is 9.59 Å². The third-order valence-corrected chi connectivity index (χ3v) is 3.81. The van der Waals surface area contributed by atoms with Crippen LogP contribution in [-0.4, -0.2) is 21.0 Å². The van der Waals surface area contributed by atoms with E-state index in [4.69, 9.17) is 5.11 Å². The summed E-state index contributed by atoms with van der Waals surface area (Å²) in [6, 6.07) is 0. The smallest absolute Gasteiger partial charge is 0.308 e. The third kappa shape index (κ3) is 3.43. The molecule has 0 unspecified atom stereocenters. The number of aliphatic carboxylic acids is 1. The zero-order valence-corrected chi connectivity index (χ0v) is 11.2. The number of carboxylic acids is 1. The van der Waals surface area contributed by atoms with Crippen LogP contribution < -0.4 is 5.56 Å². The number of hydrogen-bond donors (Lipinski definition) is 2. The van der Waals surface area contributed by atoms with Crippen LogP contribution in [0.3, 0.4) is 0 Å². The molecule has 1 aromatic heterocycles. The Hall–Kier alpha value is -1.65. The molecule has 5 heteroatoms. The molecule has 2 N–H and O–H groups in total. The van der Waals surface area contributed by atoms with Crippen LogP contribution in [0, 0.1) is 6.92 Å². The Labute approximate surface area is 112 Å². The number of carboxylic acid groups (broad SMARTS) is 1. The summed E-state index contributed by atoms with van der Waals surface area (Å²) in [4.78, 5) is 29.9. The molecule has 0 atom stereocenters. The predicted molar refractivity (Wildman–Crippen MR) is 71.4 cm³/mol. The molecule has 0 bridgehead atoms. The van der Waals surface area contributed by atoms with Gasteiger partial charge < -0.3 is 10.1 Å². The molecule has 1 aromatic rings. The number of aromatic nitrogens is 2. The van der Waals surface area contributed by atoms with Crippen LogP contribution >= 0.6 is 0 Å². The van der Waals surface area contributed by atoms with Crippen LogP contribution in [0.4, 0.5) is 0 Å². The van der Waals surface area contributed by atoms with E-state index >= 15 is 0 Å². The second kappa shape index (κ2) is 5.99. The van der Waals surface area contributed by atoms with Crippen molar-refractivity contribution < 1.29 is 9.90 Å². The van der Waals surface area contributed by atoms with Crippen molar-refractivity contribution in [2.45, 2.75) is 57.8 Å². The SMILES string of the molecule is Cc1nc(C2CCCCCC2)[nH]c(=O)c1CC(=O)O. The first-order chi connectivity index (χ1) is 9.08. The number of rotatable bonds is 3. The molecule has 1 heterocycles. The lowest BCUT2D eigenvalue weighted by Crippen LogP contribution is -2.22. The summed E-state index contributed by atoms with van der Waals surface area (Å²) >= 11 is 0. The Kier molecular flexibility index (Phi) is 4.35. The Balaban J connectivity index is 2.28. The van der Waals surface area contributed by atoms with Crippen molar-refractivity contribution in [3.63, 3.8) is 0 Å². The molecule has 0 radical (unpaired) electrons. The highest BCUT2D eigenvalue weighted by atomic mass is 16.4. The van der Waals surface area contributed by atoms with Gasteiger partial charge in [0.2, 0.25) is 0 Å². The molecule has 1 saturated carbocycles. The summed E-state index contributed by atoms with van der Waals surface area (Å²) in [6.07, 6.45) is 6.68. The van der Waals surface area contributed by atoms with E-state index in [9.17, 15) is 9.59 Å². The van der Waals surface area contributed by atoms with Gasteiger partial charge in [0.25, 0.3) is 5.56 Å². The minimum absolute atomic E-state index is 0.265. The topological polar surface area (TPSA) is 83.0 Å². The Morgan fingerprint density at radius 3 is 2.47 bits per heavy atom. The summed E-state index contributed by atoms with van der Waals surface area (Å²) < 4.78 is 0. The van der Waals surface area contributed by atoms with Crippen molar-refractivity contribution in [1.82, 2.24) is 9.97 Å². The average molecular weight is 264 g/mol. The second-order valence-electron chi connectivity index (χ2n) is 5.27. The van der Waals surface area contributed by atoms with Gasteiger partial charge in [0.1, 0.15) is 5.82 Å². The molecule has 104 valence electrons. The van der Waals surface area contributed by atoms with Gasteiger partial charge in [0.05, 0.1) is 6.42 Å². The lowest BCUT2D eigenvalue weighted by atomic mass is 9.99. The molecule has 2 rings (SSSR count). The minimum Gasteiger partial charge on any atom is -0.481 e. The quantitative estimate of drug-likeness (QED) is 0.819. The number of H-pyrrole nitrogens is 1. The molecular formula is C14H20N2O3. The van der Waals surface area contributed by atoms with Crippen LogP contribution in [0.1, 0.15) is 61.5 Å². The van der Waals surface area contributed by atoms with Crippen LogP contribution in [0.2, 0.25) is 0 Å². The van der Waals surface area contributed by atoms with Crippen LogP contribution in [0.25, 0.3) is 0 Å². The molecule has 1 fully saturated rings. The molecule has 0 spiro atoms. The molecule has 1 aliphatic carbocycles. The minimum atomic E-state index is -1.00. The average Bonchev–Trinajstić information content (AvgIpc) is 2.62. The van der Waals surface area contributed by atoms with Crippen molar-refractivity contribution in [2.24, 2.45) is 0 Å². The molecular weight excluding hydrogens is 244 g/mol. The van der Waals surface area contributed by atoms with Crippen LogP contribution in [0.5, 0.6) is 0 Å². The highest BCUT2D eigenvalue weighted by Gasteiger charge is 2.19. The first-order valence-electron chi connectivity index (χ1n) is 6.89. The van der Waals surface area contributed by atoms with Crippen LogP contribution in [0.15, 0.2) is 4.79 Å². The van der Waals surface area contributed by atoms with E-state index in [0.717, 1.165) is 18.7 Å². The predicted octanol–water partition coefficient (Wildman–Crippen LogP) is 2.14. The standard InChI is InChI=1S/C14H20N2O3/c1-9-11(8-12(17)18)14(19)16-13(15-9)10-6-4-2-3-5-7-10/h10H,2-8H2,1H3,(H,17,18)(H,15,16,19). The summed E-state index contributed by atoms with van der Waals surface area (Å²) in [5, 5.41) is 8.79. The number of aromatic amines is 1. The third-order valence-electron chi connectivity index (χ3n) is 3.81. The molecule has 0 aliphatic heterocycles. The number of hydrogen-bond acceptors (Lipinski definition) is 3. The van der Waals surface area contributed by atoms with E-state index in [0.29, 0.717) is 11.6 Å². The van der Waals surface area contributed by atoms with Gasteiger partial charge >= 0.3 is 5.97 Å².